The third kappa shape index (κ3) is 3.85. The van der Waals surface area contributed by atoms with Crippen LogP contribution in [0.3, 0.4) is 0 Å². The lowest BCUT2D eigenvalue weighted by molar-refractivity contribution is 0.0901. The molecule has 1 unspecified atom stereocenters. The molecule has 0 spiro atoms. The molecular weight excluding hydrogens is 242 g/mol. The molecule has 0 amide bonds. The summed E-state index contributed by atoms with van der Waals surface area (Å²) in [6.07, 6.45) is 3.58. The van der Waals surface area contributed by atoms with Crippen LogP contribution in [-0.4, -0.2) is 26.4 Å². The molecule has 0 radical (unpaired) electrons. The Bertz CT molecular complexity index is 400. The Morgan fingerprint density at radius 3 is 2.95 bits per heavy atom. The van der Waals surface area contributed by atoms with Gasteiger partial charge in [-0.05, 0) is 25.8 Å². The van der Waals surface area contributed by atoms with Gasteiger partial charge in [-0.15, -0.1) is 0 Å². The van der Waals surface area contributed by atoms with Gasteiger partial charge in [-0.3, -0.25) is 0 Å². The zero-order valence-corrected chi connectivity index (χ0v) is 11.7. The topological polar surface area (TPSA) is 53.7 Å². The van der Waals surface area contributed by atoms with Gasteiger partial charge in [0.1, 0.15) is 11.5 Å². The first-order valence-electron chi connectivity index (χ1n) is 6.88. The first-order valence-corrected chi connectivity index (χ1v) is 6.88. The van der Waals surface area contributed by atoms with Crippen molar-refractivity contribution in [2.45, 2.75) is 38.3 Å². The van der Waals surface area contributed by atoms with E-state index in [2.05, 4.69) is 0 Å². The maximum Gasteiger partial charge on any atom is 0.127 e. The minimum absolute atomic E-state index is 0.0522. The summed E-state index contributed by atoms with van der Waals surface area (Å²) in [7, 11) is 1.65. The van der Waals surface area contributed by atoms with E-state index in [1.807, 2.05) is 25.1 Å². The van der Waals surface area contributed by atoms with Crippen LogP contribution in [0.2, 0.25) is 0 Å². The second kappa shape index (κ2) is 6.78. The van der Waals surface area contributed by atoms with Crippen molar-refractivity contribution in [2.75, 3.05) is 20.3 Å². The lowest BCUT2D eigenvalue weighted by Crippen LogP contribution is -2.13. The first kappa shape index (κ1) is 14.2. The minimum atomic E-state index is -0.0522. The Labute approximate surface area is 114 Å². The van der Waals surface area contributed by atoms with Crippen molar-refractivity contribution >= 4 is 0 Å². The minimum Gasteiger partial charge on any atom is -0.497 e. The number of methoxy groups -OCH3 is 1. The first-order chi connectivity index (χ1) is 9.20. The van der Waals surface area contributed by atoms with E-state index in [-0.39, 0.29) is 6.04 Å². The molecule has 1 aromatic rings. The van der Waals surface area contributed by atoms with Gasteiger partial charge in [-0.25, -0.2) is 0 Å². The lowest BCUT2D eigenvalue weighted by Gasteiger charge is -2.16. The highest BCUT2D eigenvalue weighted by atomic mass is 16.5. The summed E-state index contributed by atoms with van der Waals surface area (Å²) in [5, 5.41) is 0. The molecule has 0 aliphatic carbocycles. The number of hydrogen-bond donors (Lipinski definition) is 1. The van der Waals surface area contributed by atoms with Crippen LogP contribution >= 0.6 is 0 Å². The van der Waals surface area contributed by atoms with E-state index in [4.69, 9.17) is 19.9 Å². The van der Waals surface area contributed by atoms with Gasteiger partial charge in [0.05, 0.1) is 19.8 Å². The molecule has 1 aromatic carbocycles. The molecule has 1 heterocycles. The second-order valence-corrected chi connectivity index (χ2v) is 4.96. The average Bonchev–Trinajstić information content (AvgIpc) is 2.91. The van der Waals surface area contributed by atoms with E-state index >= 15 is 0 Å². The summed E-state index contributed by atoms with van der Waals surface area (Å²) < 4.78 is 16.7. The van der Waals surface area contributed by atoms with Crippen LogP contribution in [0.5, 0.6) is 11.5 Å². The molecule has 106 valence electrons. The molecular formula is C15H23NO3. The van der Waals surface area contributed by atoms with E-state index in [9.17, 15) is 0 Å². The fraction of sp³-hybridized carbons (Fsp3) is 0.600. The van der Waals surface area contributed by atoms with Crippen LogP contribution in [0.25, 0.3) is 0 Å². The highest BCUT2D eigenvalue weighted by Gasteiger charge is 2.16. The van der Waals surface area contributed by atoms with Crippen LogP contribution in [0, 0.1) is 0 Å². The standard InChI is InChI=1S/C15H23NO3/c1-11(16)14-6-5-13(17-2)10-15(14)19-9-7-12-4-3-8-18-12/h5-6,10-12H,3-4,7-9,16H2,1-2H3/t11-,12?/m1/s1. The summed E-state index contributed by atoms with van der Waals surface area (Å²) in [6, 6.07) is 5.72. The van der Waals surface area contributed by atoms with Crippen molar-refractivity contribution in [3.05, 3.63) is 23.8 Å². The number of hydrogen-bond acceptors (Lipinski definition) is 4. The van der Waals surface area contributed by atoms with Gasteiger partial charge in [0, 0.05) is 30.7 Å². The van der Waals surface area contributed by atoms with Crippen LogP contribution in [0.1, 0.15) is 37.8 Å². The average molecular weight is 265 g/mol. The molecule has 2 N–H and O–H groups in total. The number of benzene rings is 1. The van der Waals surface area contributed by atoms with E-state index in [0.717, 1.165) is 42.9 Å². The fourth-order valence-electron chi connectivity index (χ4n) is 2.32. The zero-order chi connectivity index (χ0) is 13.7. The van der Waals surface area contributed by atoms with Crippen LogP contribution in [0.15, 0.2) is 18.2 Å². The molecule has 1 aliphatic heterocycles. The van der Waals surface area contributed by atoms with Crippen LogP contribution in [-0.2, 0) is 4.74 Å². The molecule has 19 heavy (non-hydrogen) atoms. The number of ether oxygens (including phenoxy) is 3. The fourth-order valence-corrected chi connectivity index (χ4v) is 2.32. The van der Waals surface area contributed by atoms with Crippen molar-refractivity contribution in [1.29, 1.82) is 0 Å². The molecule has 4 heteroatoms. The SMILES string of the molecule is COc1ccc([C@@H](C)N)c(OCCC2CCCO2)c1. The van der Waals surface area contributed by atoms with Crippen molar-refractivity contribution in [1.82, 2.24) is 0 Å². The quantitative estimate of drug-likeness (QED) is 0.859. The highest BCUT2D eigenvalue weighted by molar-refractivity contribution is 5.42. The van der Waals surface area contributed by atoms with Crippen LogP contribution in [0.4, 0.5) is 0 Å². The van der Waals surface area contributed by atoms with Gasteiger partial charge < -0.3 is 19.9 Å². The molecule has 4 nitrogen and oxygen atoms in total. The number of nitrogens with two attached hydrogens (primary N) is 1. The third-order valence-electron chi connectivity index (χ3n) is 3.43. The Morgan fingerprint density at radius 1 is 1.47 bits per heavy atom. The summed E-state index contributed by atoms with van der Waals surface area (Å²) in [4.78, 5) is 0. The van der Waals surface area contributed by atoms with E-state index in [1.165, 1.54) is 0 Å². The summed E-state index contributed by atoms with van der Waals surface area (Å²) in [6.45, 7) is 3.49. The Morgan fingerprint density at radius 2 is 2.32 bits per heavy atom. The maximum atomic E-state index is 5.95. The molecule has 1 fully saturated rings. The Kier molecular flexibility index (Phi) is 5.05. The van der Waals surface area contributed by atoms with Gasteiger partial charge in [-0.2, -0.15) is 0 Å². The second-order valence-electron chi connectivity index (χ2n) is 4.96. The van der Waals surface area contributed by atoms with Crippen molar-refractivity contribution in [2.24, 2.45) is 5.73 Å². The molecule has 1 aliphatic rings. The van der Waals surface area contributed by atoms with Crippen molar-refractivity contribution in [3.63, 3.8) is 0 Å². The predicted molar refractivity (Wildman–Crippen MR) is 74.7 cm³/mol. The molecule has 0 saturated carbocycles. The maximum absolute atomic E-state index is 5.95. The molecule has 2 rings (SSSR count). The van der Waals surface area contributed by atoms with Crippen molar-refractivity contribution in [3.8, 4) is 11.5 Å². The van der Waals surface area contributed by atoms with Gasteiger partial charge in [-0.1, -0.05) is 6.07 Å². The molecule has 0 aromatic heterocycles. The van der Waals surface area contributed by atoms with Crippen LogP contribution < -0.4 is 15.2 Å². The molecule has 0 bridgehead atoms. The van der Waals surface area contributed by atoms with E-state index in [0.29, 0.717) is 12.7 Å². The molecule has 1 saturated heterocycles. The third-order valence-corrected chi connectivity index (χ3v) is 3.43. The summed E-state index contributed by atoms with van der Waals surface area (Å²) in [5.74, 6) is 1.60. The molecule has 2 atom stereocenters. The highest BCUT2D eigenvalue weighted by Crippen LogP contribution is 2.29. The van der Waals surface area contributed by atoms with E-state index in [1.54, 1.807) is 7.11 Å². The van der Waals surface area contributed by atoms with Gasteiger partial charge in [0.25, 0.3) is 0 Å². The predicted octanol–water partition coefficient (Wildman–Crippen LogP) is 2.66. The summed E-state index contributed by atoms with van der Waals surface area (Å²) >= 11 is 0. The van der Waals surface area contributed by atoms with Gasteiger partial charge in [0.15, 0.2) is 0 Å². The zero-order valence-electron chi connectivity index (χ0n) is 11.7. The lowest BCUT2D eigenvalue weighted by atomic mass is 10.1. The van der Waals surface area contributed by atoms with Gasteiger partial charge >= 0.3 is 0 Å². The van der Waals surface area contributed by atoms with E-state index < -0.39 is 0 Å². The summed E-state index contributed by atoms with van der Waals surface area (Å²) in [5.41, 5.74) is 6.96. The normalized spacial score (nSPS) is 20.3. The monoisotopic (exact) mass is 265 g/mol. The van der Waals surface area contributed by atoms with Crippen molar-refractivity contribution < 1.29 is 14.2 Å². The Balaban J connectivity index is 1.96. The Hall–Kier alpha value is -1.26. The number of rotatable bonds is 6. The largest absolute Gasteiger partial charge is 0.497 e. The smallest absolute Gasteiger partial charge is 0.127 e. The van der Waals surface area contributed by atoms with Gasteiger partial charge in [0.2, 0.25) is 0 Å².